The monoisotopic (exact) mass is 264 g/mol. The van der Waals surface area contributed by atoms with Crippen molar-refractivity contribution in [1.29, 1.82) is 0 Å². The molecular weight excluding hydrogens is 244 g/mol. The van der Waals surface area contributed by atoms with Gasteiger partial charge in [-0.1, -0.05) is 18.2 Å². The Morgan fingerprint density at radius 3 is 2.79 bits per heavy atom. The number of hydrogen-bond acceptors (Lipinski definition) is 3. The molecule has 1 rings (SSSR count). The van der Waals surface area contributed by atoms with Crippen molar-refractivity contribution >= 4 is 5.97 Å². The third-order valence-corrected chi connectivity index (χ3v) is 2.72. The summed E-state index contributed by atoms with van der Waals surface area (Å²) >= 11 is 0. The topological polar surface area (TPSA) is 66.8 Å². The number of ether oxygens (including phenoxy) is 1. The minimum absolute atomic E-state index is 0.254. The number of aliphatic hydroxyl groups excluding tert-OH is 1. The predicted octanol–water partition coefficient (Wildman–Crippen LogP) is 2.40. The lowest BCUT2D eigenvalue weighted by Gasteiger charge is -2.14. The lowest BCUT2D eigenvalue weighted by molar-refractivity contribution is 0.0694. The highest BCUT2D eigenvalue weighted by molar-refractivity contribution is 5.89. The fourth-order valence-corrected chi connectivity index (χ4v) is 1.94. The zero-order valence-corrected chi connectivity index (χ0v) is 11.3. The molecule has 1 aromatic carbocycles. The number of rotatable bonds is 7. The van der Waals surface area contributed by atoms with Crippen molar-refractivity contribution in [2.45, 2.75) is 32.8 Å². The van der Waals surface area contributed by atoms with Crippen molar-refractivity contribution in [2.75, 3.05) is 6.61 Å². The van der Waals surface area contributed by atoms with E-state index in [0.29, 0.717) is 25.0 Å². The molecule has 0 bridgehead atoms. The second-order valence-electron chi connectivity index (χ2n) is 4.39. The third kappa shape index (κ3) is 4.75. The summed E-state index contributed by atoms with van der Waals surface area (Å²) in [5.74, 6) is -0.966. The second kappa shape index (κ2) is 7.59. The van der Waals surface area contributed by atoms with Crippen molar-refractivity contribution < 1.29 is 19.7 Å². The zero-order valence-electron chi connectivity index (χ0n) is 11.3. The van der Waals surface area contributed by atoms with E-state index < -0.39 is 12.1 Å². The SMILES string of the molecule is CC=COCCc1cccc(C(=O)O)c1CC(C)O. The molecule has 0 aliphatic rings. The Morgan fingerprint density at radius 2 is 2.21 bits per heavy atom. The van der Waals surface area contributed by atoms with Gasteiger partial charge in [-0.3, -0.25) is 0 Å². The molecule has 19 heavy (non-hydrogen) atoms. The van der Waals surface area contributed by atoms with Gasteiger partial charge < -0.3 is 14.9 Å². The average molecular weight is 264 g/mol. The molecule has 0 radical (unpaired) electrons. The van der Waals surface area contributed by atoms with Crippen LogP contribution in [0.5, 0.6) is 0 Å². The molecule has 1 aromatic rings. The molecule has 0 fully saturated rings. The maximum absolute atomic E-state index is 11.2. The molecule has 4 heteroatoms. The third-order valence-electron chi connectivity index (χ3n) is 2.72. The molecule has 1 atom stereocenters. The highest BCUT2D eigenvalue weighted by Gasteiger charge is 2.15. The second-order valence-corrected chi connectivity index (χ2v) is 4.39. The van der Waals surface area contributed by atoms with Gasteiger partial charge in [0, 0.05) is 6.42 Å². The molecule has 0 spiro atoms. The van der Waals surface area contributed by atoms with Crippen LogP contribution >= 0.6 is 0 Å². The normalized spacial score (nSPS) is 12.6. The van der Waals surface area contributed by atoms with E-state index >= 15 is 0 Å². The number of hydrogen-bond donors (Lipinski definition) is 2. The van der Waals surface area contributed by atoms with Gasteiger partial charge in [0.2, 0.25) is 0 Å². The Labute approximate surface area is 113 Å². The first kappa shape index (κ1) is 15.2. The molecule has 0 heterocycles. The molecular formula is C15H20O4. The molecule has 0 aromatic heterocycles. The average Bonchev–Trinajstić information content (AvgIpc) is 2.35. The standard InChI is InChI=1S/C15H20O4/c1-3-8-19-9-7-12-5-4-6-13(15(17)18)14(12)10-11(2)16/h3-6,8,11,16H,7,9-10H2,1-2H3,(H,17,18). The van der Waals surface area contributed by atoms with Gasteiger partial charge in [0.25, 0.3) is 0 Å². The van der Waals surface area contributed by atoms with E-state index in [1.807, 2.05) is 13.0 Å². The minimum atomic E-state index is -0.966. The maximum atomic E-state index is 11.2. The number of aromatic carboxylic acids is 1. The van der Waals surface area contributed by atoms with Gasteiger partial charge in [-0.15, -0.1) is 0 Å². The van der Waals surface area contributed by atoms with Crippen molar-refractivity contribution in [3.63, 3.8) is 0 Å². The molecule has 4 nitrogen and oxygen atoms in total. The van der Waals surface area contributed by atoms with Gasteiger partial charge >= 0.3 is 5.97 Å². The van der Waals surface area contributed by atoms with Gasteiger partial charge in [0.15, 0.2) is 0 Å². The van der Waals surface area contributed by atoms with Gasteiger partial charge in [0.1, 0.15) is 0 Å². The summed E-state index contributed by atoms with van der Waals surface area (Å²) in [7, 11) is 0. The van der Waals surface area contributed by atoms with E-state index in [0.717, 1.165) is 5.56 Å². The summed E-state index contributed by atoms with van der Waals surface area (Å²) in [5.41, 5.74) is 1.85. The first-order valence-electron chi connectivity index (χ1n) is 6.31. The van der Waals surface area contributed by atoms with Crippen LogP contribution in [0.1, 0.15) is 35.3 Å². The first-order valence-corrected chi connectivity index (χ1v) is 6.31. The van der Waals surface area contributed by atoms with E-state index in [1.54, 1.807) is 31.4 Å². The first-order chi connectivity index (χ1) is 9.06. The summed E-state index contributed by atoms with van der Waals surface area (Å²) in [6.07, 6.45) is 3.78. The van der Waals surface area contributed by atoms with Gasteiger partial charge in [-0.25, -0.2) is 4.79 Å². The predicted molar refractivity (Wildman–Crippen MR) is 73.3 cm³/mol. The van der Waals surface area contributed by atoms with Crippen LogP contribution in [0.25, 0.3) is 0 Å². The van der Waals surface area contributed by atoms with Crippen molar-refractivity contribution in [2.24, 2.45) is 0 Å². The van der Waals surface area contributed by atoms with Crippen LogP contribution in [0.4, 0.5) is 0 Å². The van der Waals surface area contributed by atoms with Crippen LogP contribution in [0.3, 0.4) is 0 Å². The van der Waals surface area contributed by atoms with Crippen LogP contribution < -0.4 is 0 Å². The smallest absolute Gasteiger partial charge is 0.335 e. The van der Waals surface area contributed by atoms with Crippen molar-refractivity contribution in [1.82, 2.24) is 0 Å². The minimum Gasteiger partial charge on any atom is -0.501 e. The Hall–Kier alpha value is -1.81. The molecule has 0 aliphatic carbocycles. The Kier molecular flexibility index (Phi) is 6.09. The van der Waals surface area contributed by atoms with Crippen molar-refractivity contribution in [3.8, 4) is 0 Å². The summed E-state index contributed by atoms with van der Waals surface area (Å²) in [4.78, 5) is 11.2. The maximum Gasteiger partial charge on any atom is 0.335 e. The van der Waals surface area contributed by atoms with Crippen LogP contribution in [0.2, 0.25) is 0 Å². The summed E-state index contributed by atoms with van der Waals surface area (Å²) in [6.45, 7) is 4.00. The van der Waals surface area contributed by atoms with Crippen LogP contribution in [-0.4, -0.2) is 28.9 Å². The van der Waals surface area contributed by atoms with Gasteiger partial charge in [0.05, 0.1) is 24.5 Å². The Bertz CT molecular complexity index is 449. The highest BCUT2D eigenvalue weighted by atomic mass is 16.5. The molecule has 2 N–H and O–H groups in total. The van der Waals surface area contributed by atoms with E-state index in [1.165, 1.54) is 0 Å². The van der Waals surface area contributed by atoms with Gasteiger partial charge in [-0.05, 0) is 37.5 Å². The molecule has 1 unspecified atom stereocenters. The van der Waals surface area contributed by atoms with E-state index in [-0.39, 0.29) is 5.56 Å². The fourth-order valence-electron chi connectivity index (χ4n) is 1.94. The number of benzene rings is 1. The number of aliphatic hydroxyl groups is 1. The molecule has 0 aliphatic heterocycles. The number of carbonyl (C=O) groups is 1. The summed E-state index contributed by atoms with van der Waals surface area (Å²) in [5, 5.41) is 18.7. The molecule has 0 amide bonds. The van der Waals surface area contributed by atoms with Crippen LogP contribution in [0.15, 0.2) is 30.5 Å². The highest BCUT2D eigenvalue weighted by Crippen LogP contribution is 2.18. The van der Waals surface area contributed by atoms with E-state index in [9.17, 15) is 15.0 Å². The molecule has 0 saturated heterocycles. The van der Waals surface area contributed by atoms with Crippen LogP contribution in [-0.2, 0) is 17.6 Å². The van der Waals surface area contributed by atoms with Crippen LogP contribution in [0, 0.1) is 0 Å². The summed E-state index contributed by atoms with van der Waals surface area (Å²) < 4.78 is 5.26. The largest absolute Gasteiger partial charge is 0.501 e. The number of carboxylic acids is 1. The molecule has 104 valence electrons. The summed E-state index contributed by atoms with van der Waals surface area (Å²) in [6, 6.07) is 5.17. The number of carboxylic acid groups (broad SMARTS) is 1. The Morgan fingerprint density at radius 1 is 1.47 bits per heavy atom. The fraction of sp³-hybridized carbons (Fsp3) is 0.400. The number of allylic oxidation sites excluding steroid dienone is 1. The lowest BCUT2D eigenvalue weighted by atomic mass is 9.94. The lowest BCUT2D eigenvalue weighted by Crippen LogP contribution is -2.13. The van der Waals surface area contributed by atoms with E-state index in [4.69, 9.17) is 4.74 Å². The van der Waals surface area contributed by atoms with Gasteiger partial charge in [-0.2, -0.15) is 0 Å². The molecule has 0 saturated carbocycles. The zero-order chi connectivity index (χ0) is 14.3. The Balaban J connectivity index is 2.94. The van der Waals surface area contributed by atoms with Crippen molar-refractivity contribution in [3.05, 3.63) is 47.2 Å². The quantitative estimate of drug-likeness (QED) is 0.586. The van der Waals surface area contributed by atoms with E-state index in [2.05, 4.69) is 0 Å².